The summed E-state index contributed by atoms with van der Waals surface area (Å²) in [6, 6.07) is 2.51. The maximum atomic E-state index is 13.9. The molecule has 2 aromatic rings. The molecule has 0 radical (unpaired) electrons. The van der Waals surface area contributed by atoms with Crippen LogP contribution >= 0.6 is 0 Å². The van der Waals surface area contributed by atoms with Crippen LogP contribution in [-0.2, 0) is 11.3 Å². The van der Waals surface area contributed by atoms with E-state index >= 15 is 0 Å². The first-order valence-electron chi connectivity index (χ1n) is 9.03. The third kappa shape index (κ3) is 5.19. The van der Waals surface area contributed by atoms with Crippen molar-refractivity contribution in [1.82, 2.24) is 15.2 Å². The van der Waals surface area contributed by atoms with Crippen molar-refractivity contribution < 1.29 is 36.3 Å². The number of nitrogens with one attached hydrogen (secondary N) is 2. The molecule has 2 N–H and O–H groups in total. The largest absolute Gasteiger partial charge is 0.574 e. The van der Waals surface area contributed by atoms with E-state index in [1.165, 1.54) is 26.0 Å². The van der Waals surface area contributed by atoms with Gasteiger partial charge in [-0.15, -0.1) is 13.2 Å². The van der Waals surface area contributed by atoms with Gasteiger partial charge in [0.1, 0.15) is 17.7 Å². The number of carbonyl (C=O) groups excluding carboxylic acids is 2. The summed E-state index contributed by atoms with van der Waals surface area (Å²) in [7, 11) is 0. The number of carbonyl (C=O) groups is 2. The van der Waals surface area contributed by atoms with Gasteiger partial charge in [-0.25, -0.2) is 18.6 Å². The highest BCUT2D eigenvalue weighted by atomic mass is 19.4. The SMILES string of the molecule is C[C@H](NC(=O)[C@@H](C)N1Cc2nc(OC(F)(F)F)ccc2NC1=O)c1ccc(F)cc1F. The molecular formula is C19H17F5N4O3. The summed E-state index contributed by atoms with van der Waals surface area (Å²) in [6.07, 6.45) is -4.93. The van der Waals surface area contributed by atoms with Gasteiger partial charge in [0, 0.05) is 17.7 Å². The molecular weight excluding hydrogens is 427 g/mol. The zero-order valence-corrected chi connectivity index (χ0v) is 16.3. The number of amides is 3. The van der Waals surface area contributed by atoms with Crippen molar-refractivity contribution in [3.63, 3.8) is 0 Å². The summed E-state index contributed by atoms with van der Waals surface area (Å²) in [5, 5.41) is 4.97. The topological polar surface area (TPSA) is 83.6 Å². The molecule has 0 spiro atoms. The van der Waals surface area contributed by atoms with Gasteiger partial charge in [-0.1, -0.05) is 6.07 Å². The Kier molecular flexibility index (Phi) is 6.00. The summed E-state index contributed by atoms with van der Waals surface area (Å²) in [5.74, 6) is -2.97. The summed E-state index contributed by atoms with van der Waals surface area (Å²) in [6.45, 7) is 2.61. The van der Waals surface area contributed by atoms with Crippen LogP contribution in [0.3, 0.4) is 0 Å². The van der Waals surface area contributed by atoms with Crippen LogP contribution in [0.1, 0.15) is 31.1 Å². The summed E-state index contributed by atoms with van der Waals surface area (Å²) in [4.78, 5) is 29.7. The number of alkyl halides is 3. The van der Waals surface area contributed by atoms with E-state index in [0.717, 1.165) is 17.0 Å². The van der Waals surface area contributed by atoms with Gasteiger partial charge >= 0.3 is 12.4 Å². The van der Waals surface area contributed by atoms with Gasteiger partial charge in [0.2, 0.25) is 11.8 Å². The van der Waals surface area contributed by atoms with Crippen molar-refractivity contribution >= 4 is 17.6 Å². The molecule has 0 unspecified atom stereocenters. The smallest absolute Gasteiger partial charge is 0.388 e. The van der Waals surface area contributed by atoms with Crippen molar-refractivity contribution in [1.29, 1.82) is 0 Å². The number of halogens is 5. The molecule has 166 valence electrons. The van der Waals surface area contributed by atoms with Crippen molar-refractivity contribution in [2.45, 2.75) is 38.8 Å². The van der Waals surface area contributed by atoms with Gasteiger partial charge in [0.05, 0.1) is 24.0 Å². The van der Waals surface area contributed by atoms with Crippen molar-refractivity contribution in [2.75, 3.05) is 5.32 Å². The number of urea groups is 1. The number of rotatable bonds is 5. The monoisotopic (exact) mass is 444 g/mol. The molecule has 0 aliphatic carbocycles. The molecule has 0 fully saturated rings. The fourth-order valence-electron chi connectivity index (χ4n) is 3.03. The predicted octanol–water partition coefficient (Wildman–Crippen LogP) is 3.87. The van der Waals surface area contributed by atoms with Crippen LogP contribution < -0.4 is 15.4 Å². The number of anilines is 1. The van der Waals surface area contributed by atoms with Crippen molar-refractivity contribution in [2.24, 2.45) is 0 Å². The molecule has 1 aliphatic rings. The first-order chi connectivity index (χ1) is 14.4. The molecule has 3 amide bonds. The lowest BCUT2D eigenvalue weighted by Crippen LogP contribution is -2.51. The predicted molar refractivity (Wildman–Crippen MR) is 97.9 cm³/mol. The van der Waals surface area contributed by atoms with E-state index in [2.05, 4.69) is 20.4 Å². The quantitative estimate of drug-likeness (QED) is 0.686. The van der Waals surface area contributed by atoms with E-state index in [9.17, 15) is 31.5 Å². The van der Waals surface area contributed by atoms with E-state index in [1.807, 2.05) is 0 Å². The molecule has 0 saturated carbocycles. The van der Waals surface area contributed by atoms with Crippen LogP contribution in [0.15, 0.2) is 30.3 Å². The van der Waals surface area contributed by atoms with Gasteiger partial charge < -0.3 is 20.3 Å². The highest BCUT2D eigenvalue weighted by molar-refractivity contribution is 5.95. The molecule has 1 aliphatic heterocycles. The molecule has 1 aromatic carbocycles. The van der Waals surface area contributed by atoms with Crippen LogP contribution in [0.2, 0.25) is 0 Å². The summed E-state index contributed by atoms with van der Waals surface area (Å²) < 4.78 is 68.0. The Balaban J connectivity index is 1.72. The molecule has 7 nitrogen and oxygen atoms in total. The Morgan fingerprint density at radius 2 is 1.94 bits per heavy atom. The zero-order chi connectivity index (χ0) is 22.9. The number of aromatic nitrogens is 1. The van der Waals surface area contributed by atoms with Gasteiger partial charge in [0.15, 0.2) is 0 Å². The first-order valence-corrected chi connectivity index (χ1v) is 9.03. The molecule has 0 bridgehead atoms. The third-order valence-corrected chi connectivity index (χ3v) is 4.63. The average Bonchev–Trinajstić information content (AvgIpc) is 2.65. The number of pyridine rings is 1. The minimum absolute atomic E-state index is 0.0472. The Labute approximate surface area is 173 Å². The van der Waals surface area contributed by atoms with E-state index in [0.29, 0.717) is 6.07 Å². The van der Waals surface area contributed by atoms with Gasteiger partial charge in [-0.3, -0.25) is 4.79 Å². The maximum Gasteiger partial charge on any atom is 0.574 e. The molecule has 12 heteroatoms. The van der Waals surface area contributed by atoms with E-state index in [-0.39, 0.29) is 23.5 Å². The van der Waals surface area contributed by atoms with Crippen molar-refractivity contribution in [3.8, 4) is 5.88 Å². The van der Waals surface area contributed by atoms with E-state index in [4.69, 9.17) is 0 Å². The zero-order valence-electron chi connectivity index (χ0n) is 16.3. The Hall–Kier alpha value is -3.44. The normalized spacial score (nSPS) is 15.6. The lowest BCUT2D eigenvalue weighted by molar-refractivity contribution is -0.276. The fourth-order valence-corrected chi connectivity index (χ4v) is 3.03. The highest BCUT2D eigenvalue weighted by Crippen LogP contribution is 2.28. The minimum Gasteiger partial charge on any atom is -0.388 e. The fraction of sp³-hybridized carbons (Fsp3) is 0.316. The number of hydrogen-bond donors (Lipinski definition) is 2. The van der Waals surface area contributed by atoms with E-state index in [1.54, 1.807) is 0 Å². The van der Waals surface area contributed by atoms with Gasteiger partial charge in [-0.05, 0) is 26.0 Å². The lowest BCUT2D eigenvalue weighted by atomic mass is 10.1. The number of hydrogen-bond acceptors (Lipinski definition) is 4. The summed E-state index contributed by atoms with van der Waals surface area (Å²) >= 11 is 0. The first kappa shape index (κ1) is 22.2. The number of ether oxygens (including phenoxy) is 1. The lowest BCUT2D eigenvalue weighted by Gasteiger charge is -2.33. The van der Waals surface area contributed by atoms with Crippen LogP contribution in [0.5, 0.6) is 5.88 Å². The number of nitrogens with zero attached hydrogens (tertiary/aromatic N) is 2. The maximum absolute atomic E-state index is 13.9. The van der Waals surface area contributed by atoms with Gasteiger partial charge in [0.25, 0.3) is 0 Å². The van der Waals surface area contributed by atoms with Gasteiger partial charge in [-0.2, -0.15) is 0 Å². The Bertz CT molecular complexity index is 1010. The third-order valence-electron chi connectivity index (χ3n) is 4.63. The van der Waals surface area contributed by atoms with Crippen LogP contribution in [-0.4, -0.2) is 34.2 Å². The second-order valence-electron chi connectivity index (χ2n) is 6.82. The second kappa shape index (κ2) is 8.36. The van der Waals surface area contributed by atoms with E-state index < -0.39 is 47.9 Å². The molecule has 31 heavy (non-hydrogen) atoms. The molecule has 3 rings (SSSR count). The minimum atomic E-state index is -4.93. The van der Waals surface area contributed by atoms with Crippen LogP contribution in [0.25, 0.3) is 0 Å². The van der Waals surface area contributed by atoms with Crippen LogP contribution in [0.4, 0.5) is 32.4 Å². The summed E-state index contributed by atoms with van der Waals surface area (Å²) in [5.41, 5.74) is 0.301. The molecule has 0 saturated heterocycles. The second-order valence-corrected chi connectivity index (χ2v) is 6.82. The Morgan fingerprint density at radius 1 is 1.23 bits per heavy atom. The van der Waals surface area contributed by atoms with Crippen molar-refractivity contribution in [3.05, 3.63) is 53.2 Å². The Morgan fingerprint density at radius 3 is 2.58 bits per heavy atom. The number of fused-ring (bicyclic) bond motifs is 1. The standard InChI is InChI=1S/C19H17F5N4O3/c1-9(12-4-3-11(20)7-13(12)21)25-17(29)10(2)28-8-15-14(27-18(28)30)5-6-16(26-15)31-19(22,23)24/h3-7,9-10H,8H2,1-2H3,(H,25,29)(H,27,30)/t9-,10+/m0/s1. The molecule has 2 heterocycles. The number of benzene rings is 1. The highest BCUT2D eigenvalue weighted by Gasteiger charge is 2.34. The molecule has 2 atom stereocenters. The average molecular weight is 444 g/mol. The van der Waals surface area contributed by atoms with Crippen LogP contribution in [0, 0.1) is 11.6 Å². The molecule has 1 aromatic heterocycles.